The van der Waals surface area contributed by atoms with E-state index in [1.807, 2.05) is 30.3 Å². The summed E-state index contributed by atoms with van der Waals surface area (Å²) >= 11 is 1.65. The topological polar surface area (TPSA) is 51.8 Å². The fraction of sp³-hybridized carbons (Fsp3) is 0. The molecule has 0 unspecified atom stereocenters. The molecule has 2 N–H and O–H groups in total. The normalized spacial score (nSPS) is 10.6. The summed E-state index contributed by atoms with van der Waals surface area (Å²) in [5.41, 5.74) is 7.38. The van der Waals surface area contributed by atoms with E-state index < -0.39 is 0 Å². The van der Waals surface area contributed by atoms with Crippen molar-refractivity contribution in [3.8, 4) is 11.8 Å². The molecule has 0 saturated carbocycles. The highest BCUT2D eigenvalue weighted by molar-refractivity contribution is 7.19. The van der Waals surface area contributed by atoms with Crippen LogP contribution < -0.4 is 5.73 Å². The van der Waals surface area contributed by atoms with Gasteiger partial charge in [0.05, 0.1) is 10.2 Å². The van der Waals surface area contributed by atoms with Gasteiger partial charge in [-0.15, -0.1) is 11.3 Å². The number of aromatic nitrogens is 2. The average Bonchev–Trinajstić information content (AvgIpc) is 2.88. The van der Waals surface area contributed by atoms with Gasteiger partial charge in [0.1, 0.15) is 10.8 Å². The lowest BCUT2D eigenvalue weighted by atomic mass is 10.3. The average molecular weight is 277 g/mol. The SMILES string of the molecule is Nc1ccc(C#C/C=C/c2nc3ccccc3s2)cn1. The molecule has 3 aromatic rings. The van der Waals surface area contributed by atoms with E-state index in [4.69, 9.17) is 5.73 Å². The Morgan fingerprint density at radius 2 is 2.05 bits per heavy atom. The number of hydrogen-bond donors (Lipinski definition) is 1. The van der Waals surface area contributed by atoms with E-state index in [1.165, 1.54) is 4.70 Å². The predicted molar refractivity (Wildman–Crippen MR) is 84.2 cm³/mol. The number of fused-ring (bicyclic) bond motifs is 1. The number of rotatable bonds is 1. The first-order chi connectivity index (χ1) is 9.81. The molecule has 0 bridgehead atoms. The molecule has 96 valence electrons. The van der Waals surface area contributed by atoms with Gasteiger partial charge in [-0.25, -0.2) is 9.97 Å². The number of para-hydroxylation sites is 1. The number of benzene rings is 1. The van der Waals surface area contributed by atoms with Gasteiger partial charge in [0.15, 0.2) is 0 Å². The van der Waals surface area contributed by atoms with Gasteiger partial charge in [-0.1, -0.05) is 24.0 Å². The zero-order valence-corrected chi connectivity index (χ0v) is 11.4. The molecule has 0 aliphatic heterocycles. The first-order valence-electron chi connectivity index (χ1n) is 6.06. The maximum Gasteiger partial charge on any atom is 0.123 e. The summed E-state index contributed by atoms with van der Waals surface area (Å²) < 4.78 is 1.18. The van der Waals surface area contributed by atoms with Crippen LogP contribution in [0.4, 0.5) is 5.82 Å². The molecule has 3 rings (SSSR count). The van der Waals surface area contributed by atoms with Crippen LogP contribution in [0, 0.1) is 11.8 Å². The van der Waals surface area contributed by atoms with Crippen molar-refractivity contribution in [2.24, 2.45) is 0 Å². The van der Waals surface area contributed by atoms with Gasteiger partial charge < -0.3 is 5.73 Å². The summed E-state index contributed by atoms with van der Waals surface area (Å²) in [5.74, 6) is 6.47. The van der Waals surface area contributed by atoms with Gasteiger partial charge in [-0.2, -0.15) is 0 Å². The second-order valence-electron chi connectivity index (χ2n) is 4.09. The van der Waals surface area contributed by atoms with Crippen molar-refractivity contribution in [1.82, 2.24) is 9.97 Å². The summed E-state index contributed by atoms with van der Waals surface area (Å²) in [7, 11) is 0. The van der Waals surface area contributed by atoms with Gasteiger partial charge in [-0.05, 0) is 36.4 Å². The maximum absolute atomic E-state index is 5.51. The Labute approximate surface area is 120 Å². The number of nitrogens with zero attached hydrogens (tertiary/aromatic N) is 2. The molecule has 0 amide bonds. The van der Waals surface area contributed by atoms with Crippen molar-refractivity contribution in [1.29, 1.82) is 0 Å². The summed E-state index contributed by atoms with van der Waals surface area (Å²) in [4.78, 5) is 8.49. The largest absolute Gasteiger partial charge is 0.384 e. The van der Waals surface area contributed by atoms with Crippen molar-refractivity contribution in [3.63, 3.8) is 0 Å². The van der Waals surface area contributed by atoms with Gasteiger partial charge >= 0.3 is 0 Å². The van der Waals surface area contributed by atoms with Crippen LogP contribution in [0.25, 0.3) is 16.3 Å². The van der Waals surface area contributed by atoms with Crippen molar-refractivity contribution in [2.75, 3.05) is 5.73 Å². The lowest BCUT2D eigenvalue weighted by Crippen LogP contribution is -1.88. The minimum absolute atomic E-state index is 0.501. The summed E-state index contributed by atoms with van der Waals surface area (Å²) in [6, 6.07) is 11.7. The van der Waals surface area contributed by atoms with Crippen LogP contribution in [-0.2, 0) is 0 Å². The molecule has 1 aromatic carbocycles. The zero-order chi connectivity index (χ0) is 13.8. The Balaban J connectivity index is 1.76. The van der Waals surface area contributed by atoms with Crippen molar-refractivity contribution >= 4 is 33.4 Å². The van der Waals surface area contributed by atoms with Crippen LogP contribution in [0.2, 0.25) is 0 Å². The molecule has 0 spiro atoms. The first kappa shape index (κ1) is 12.4. The van der Waals surface area contributed by atoms with Crippen LogP contribution in [0.1, 0.15) is 10.6 Å². The Morgan fingerprint density at radius 3 is 2.85 bits per heavy atom. The van der Waals surface area contributed by atoms with Gasteiger partial charge in [0.2, 0.25) is 0 Å². The van der Waals surface area contributed by atoms with E-state index in [2.05, 4.69) is 27.9 Å². The second-order valence-corrected chi connectivity index (χ2v) is 5.16. The van der Waals surface area contributed by atoms with E-state index in [-0.39, 0.29) is 0 Å². The number of nitrogen functional groups attached to an aromatic ring is 1. The van der Waals surface area contributed by atoms with Crippen LogP contribution in [-0.4, -0.2) is 9.97 Å². The van der Waals surface area contributed by atoms with E-state index in [0.29, 0.717) is 5.82 Å². The predicted octanol–water partition coefficient (Wildman–Crippen LogP) is 3.34. The number of hydrogen-bond acceptors (Lipinski definition) is 4. The second kappa shape index (κ2) is 5.55. The van der Waals surface area contributed by atoms with E-state index in [0.717, 1.165) is 16.1 Å². The lowest BCUT2D eigenvalue weighted by Gasteiger charge is -1.89. The molecule has 2 aromatic heterocycles. The summed E-state index contributed by atoms with van der Waals surface area (Å²) in [6.07, 6.45) is 5.38. The Morgan fingerprint density at radius 1 is 1.15 bits per heavy atom. The number of thiazole rings is 1. The number of pyridine rings is 1. The molecule has 4 heteroatoms. The number of nitrogens with two attached hydrogens (primary N) is 1. The fourth-order valence-electron chi connectivity index (χ4n) is 1.68. The molecule has 0 aliphatic carbocycles. The molecule has 2 heterocycles. The molecule has 0 atom stereocenters. The van der Waals surface area contributed by atoms with Crippen molar-refractivity contribution in [3.05, 3.63) is 59.2 Å². The Hall–Kier alpha value is -2.64. The van der Waals surface area contributed by atoms with E-state index >= 15 is 0 Å². The van der Waals surface area contributed by atoms with Crippen molar-refractivity contribution in [2.45, 2.75) is 0 Å². The van der Waals surface area contributed by atoms with Crippen LogP contribution >= 0.6 is 11.3 Å². The molecule has 0 fully saturated rings. The monoisotopic (exact) mass is 277 g/mol. The fourth-order valence-corrected chi connectivity index (χ4v) is 2.55. The minimum atomic E-state index is 0.501. The van der Waals surface area contributed by atoms with Crippen LogP contribution in [0.5, 0.6) is 0 Å². The molecule has 0 saturated heterocycles. The highest BCUT2D eigenvalue weighted by Crippen LogP contribution is 2.22. The Kier molecular flexibility index (Phi) is 3.44. The quantitative estimate of drug-likeness (QED) is 0.694. The molecule has 0 radical (unpaired) electrons. The van der Waals surface area contributed by atoms with E-state index in [1.54, 1.807) is 29.7 Å². The number of anilines is 1. The minimum Gasteiger partial charge on any atom is -0.384 e. The number of allylic oxidation sites excluding steroid dienone is 1. The molecule has 0 aliphatic rings. The summed E-state index contributed by atoms with van der Waals surface area (Å²) in [5, 5.41) is 0.955. The summed E-state index contributed by atoms with van der Waals surface area (Å²) in [6.45, 7) is 0. The first-order valence-corrected chi connectivity index (χ1v) is 6.88. The maximum atomic E-state index is 5.51. The lowest BCUT2D eigenvalue weighted by molar-refractivity contribution is 1.32. The molecule has 3 nitrogen and oxygen atoms in total. The van der Waals surface area contributed by atoms with Crippen molar-refractivity contribution < 1.29 is 0 Å². The molecular formula is C16H11N3S. The Bertz CT molecular complexity index is 787. The van der Waals surface area contributed by atoms with Crippen LogP contribution in [0.3, 0.4) is 0 Å². The smallest absolute Gasteiger partial charge is 0.123 e. The standard InChI is InChI=1S/C16H11N3S/c17-15-10-9-12(11-18-15)5-1-4-8-16-19-13-6-2-3-7-14(13)20-16/h2-4,6-11H,(H2,17,18)/b8-4+. The highest BCUT2D eigenvalue weighted by atomic mass is 32.1. The van der Waals surface area contributed by atoms with Crippen LogP contribution in [0.15, 0.2) is 48.7 Å². The van der Waals surface area contributed by atoms with Gasteiger partial charge in [-0.3, -0.25) is 0 Å². The highest BCUT2D eigenvalue weighted by Gasteiger charge is 1.98. The molecule has 20 heavy (non-hydrogen) atoms. The third kappa shape index (κ3) is 2.85. The van der Waals surface area contributed by atoms with E-state index in [9.17, 15) is 0 Å². The van der Waals surface area contributed by atoms with Gasteiger partial charge in [0.25, 0.3) is 0 Å². The third-order valence-corrected chi connectivity index (χ3v) is 3.62. The zero-order valence-electron chi connectivity index (χ0n) is 10.6. The molecular weight excluding hydrogens is 266 g/mol. The third-order valence-electron chi connectivity index (χ3n) is 2.62. The van der Waals surface area contributed by atoms with Gasteiger partial charge in [0, 0.05) is 11.8 Å².